The van der Waals surface area contributed by atoms with Crippen LogP contribution in [0.25, 0.3) is 11.0 Å². The molecule has 0 spiro atoms. The number of esters is 1. The molecule has 2 heterocycles. The summed E-state index contributed by atoms with van der Waals surface area (Å²) in [4.78, 5) is 40.8. The number of aromatic amines is 1. The Morgan fingerprint density at radius 1 is 0.930 bits per heavy atom. The van der Waals surface area contributed by atoms with Crippen LogP contribution in [0, 0.1) is 13.8 Å². The first-order valence-electron chi connectivity index (χ1n) is 13.8. The topological polar surface area (TPSA) is 169 Å². The third kappa shape index (κ3) is 6.57. The number of anilines is 1. The van der Waals surface area contributed by atoms with Crippen LogP contribution in [0.4, 0.5) is 5.69 Å². The average molecular weight is 605 g/mol. The van der Waals surface area contributed by atoms with Gasteiger partial charge in [-0.2, -0.15) is 15.4 Å². The van der Waals surface area contributed by atoms with E-state index in [0.29, 0.717) is 13.0 Å². The molecule has 43 heavy (non-hydrogen) atoms. The Morgan fingerprint density at radius 3 is 2.37 bits per heavy atom. The first-order valence-corrected chi connectivity index (χ1v) is 15.4. The first-order chi connectivity index (χ1) is 20.5. The molecule has 224 valence electrons. The van der Waals surface area contributed by atoms with Crippen molar-refractivity contribution in [2.24, 2.45) is 5.14 Å². The van der Waals surface area contributed by atoms with Crippen molar-refractivity contribution < 1.29 is 27.5 Å². The van der Waals surface area contributed by atoms with Crippen LogP contribution in [0.3, 0.4) is 0 Å². The van der Waals surface area contributed by atoms with E-state index in [1.54, 1.807) is 0 Å². The number of rotatable bonds is 12. The minimum absolute atomic E-state index is 0.0265. The Hall–Kier alpha value is -4.62. The van der Waals surface area contributed by atoms with Gasteiger partial charge < -0.3 is 9.64 Å². The van der Waals surface area contributed by atoms with E-state index in [1.165, 1.54) is 11.6 Å². The molecule has 0 unspecified atom stereocenters. The molecule has 1 aliphatic rings. The molecule has 0 saturated carbocycles. The number of ether oxygens (including phenoxy) is 1. The maximum absolute atomic E-state index is 12.7. The van der Waals surface area contributed by atoms with Crippen LogP contribution in [-0.2, 0) is 26.0 Å². The van der Waals surface area contributed by atoms with Gasteiger partial charge in [0, 0.05) is 25.2 Å². The summed E-state index contributed by atoms with van der Waals surface area (Å²) < 4.78 is 28.5. The Kier molecular flexibility index (Phi) is 8.55. The summed E-state index contributed by atoms with van der Waals surface area (Å²) in [6.45, 7) is 4.94. The molecule has 1 aromatic heterocycles. The molecule has 5 rings (SSSR count). The van der Waals surface area contributed by atoms with Crippen molar-refractivity contribution in [2.75, 3.05) is 24.7 Å². The molecule has 0 fully saturated rings. The zero-order valence-corrected chi connectivity index (χ0v) is 24.7. The van der Waals surface area contributed by atoms with Gasteiger partial charge in [-0.25, -0.2) is 18.5 Å². The number of aromatic nitrogens is 3. The van der Waals surface area contributed by atoms with Crippen molar-refractivity contribution in [1.29, 1.82) is 0 Å². The van der Waals surface area contributed by atoms with E-state index in [2.05, 4.69) is 52.4 Å². The third-order valence-corrected chi connectivity index (χ3v) is 8.38. The molecular weight excluding hydrogens is 572 g/mol. The van der Waals surface area contributed by atoms with Crippen LogP contribution in [0.1, 0.15) is 56.7 Å². The number of aryl methyl sites for hydroxylation is 3. The highest BCUT2D eigenvalue weighted by atomic mass is 32.2. The predicted octanol–water partition coefficient (Wildman–Crippen LogP) is 3.24. The van der Waals surface area contributed by atoms with Gasteiger partial charge in [-0.3, -0.25) is 14.4 Å². The van der Waals surface area contributed by atoms with Crippen molar-refractivity contribution in [3.8, 4) is 0 Å². The van der Waals surface area contributed by atoms with Crippen molar-refractivity contribution in [1.82, 2.24) is 20.3 Å². The van der Waals surface area contributed by atoms with E-state index in [0.717, 1.165) is 64.3 Å². The summed E-state index contributed by atoms with van der Waals surface area (Å²) in [5.41, 5.74) is 6.17. The lowest BCUT2D eigenvalue weighted by Gasteiger charge is -2.28. The van der Waals surface area contributed by atoms with Gasteiger partial charge in [0.05, 0.1) is 16.0 Å². The van der Waals surface area contributed by atoms with Crippen LogP contribution < -0.4 is 10.0 Å². The second-order valence-electron chi connectivity index (χ2n) is 10.5. The van der Waals surface area contributed by atoms with Gasteiger partial charge in [0.2, 0.25) is 10.0 Å². The largest absolute Gasteiger partial charge is 0.444 e. The SMILES string of the molecule is Cc1cccc(C)c1N(CCCC(=O)OCN1C(=O)c2ccc(S(N)(=O)=O)cc2C1=O)CCCc1ccc2n[nH]nc2c1. The summed E-state index contributed by atoms with van der Waals surface area (Å²) in [6.07, 6.45) is 2.32. The number of nitrogens with zero attached hydrogens (tertiary/aromatic N) is 4. The summed E-state index contributed by atoms with van der Waals surface area (Å²) in [5.74, 6) is -1.97. The summed E-state index contributed by atoms with van der Waals surface area (Å²) >= 11 is 0. The molecule has 4 aromatic rings. The zero-order chi connectivity index (χ0) is 30.7. The molecule has 12 nitrogen and oxygen atoms in total. The van der Waals surface area contributed by atoms with Gasteiger partial charge in [-0.05, 0) is 80.1 Å². The number of nitrogens with one attached hydrogen (secondary N) is 1. The minimum Gasteiger partial charge on any atom is -0.444 e. The fourth-order valence-corrected chi connectivity index (χ4v) is 5.88. The second-order valence-corrected chi connectivity index (χ2v) is 12.1. The molecule has 13 heteroatoms. The number of sulfonamides is 1. The van der Waals surface area contributed by atoms with Crippen LogP contribution in [0.5, 0.6) is 0 Å². The number of imide groups is 1. The summed E-state index contributed by atoms with van der Waals surface area (Å²) in [7, 11) is -4.05. The van der Waals surface area contributed by atoms with Gasteiger partial charge in [-0.15, -0.1) is 0 Å². The number of benzene rings is 3. The zero-order valence-electron chi connectivity index (χ0n) is 23.9. The fraction of sp³-hybridized carbons (Fsp3) is 0.300. The number of para-hydroxylation sites is 1. The summed E-state index contributed by atoms with van der Waals surface area (Å²) in [5, 5.41) is 16.0. The lowest BCUT2D eigenvalue weighted by molar-refractivity contribution is -0.146. The number of fused-ring (bicyclic) bond motifs is 2. The minimum atomic E-state index is -4.05. The van der Waals surface area contributed by atoms with E-state index in [9.17, 15) is 22.8 Å². The smallest absolute Gasteiger partial charge is 0.307 e. The van der Waals surface area contributed by atoms with Crippen LogP contribution >= 0.6 is 0 Å². The van der Waals surface area contributed by atoms with Crippen LogP contribution in [-0.4, -0.2) is 66.3 Å². The number of amides is 2. The van der Waals surface area contributed by atoms with E-state index >= 15 is 0 Å². The van der Waals surface area contributed by atoms with Gasteiger partial charge in [0.25, 0.3) is 11.8 Å². The second kappa shape index (κ2) is 12.3. The highest BCUT2D eigenvalue weighted by Crippen LogP contribution is 2.27. The van der Waals surface area contributed by atoms with Crippen molar-refractivity contribution in [2.45, 2.75) is 44.4 Å². The quantitative estimate of drug-likeness (QED) is 0.182. The average Bonchev–Trinajstić information content (AvgIpc) is 3.52. The van der Waals surface area contributed by atoms with Gasteiger partial charge in [0.1, 0.15) is 11.0 Å². The van der Waals surface area contributed by atoms with Crippen molar-refractivity contribution in [3.63, 3.8) is 0 Å². The Labute approximate surface area is 248 Å². The molecule has 1 aliphatic heterocycles. The number of hydrogen-bond donors (Lipinski definition) is 2. The normalized spacial score (nSPS) is 13.0. The number of H-pyrrole nitrogens is 1. The highest BCUT2D eigenvalue weighted by Gasteiger charge is 2.37. The monoisotopic (exact) mass is 604 g/mol. The fourth-order valence-electron chi connectivity index (χ4n) is 5.34. The third-order valence-electron chi connectivity index (χ3n) is 7.46. The molecule has 0 saturated heterocycles. The first kappa shape index (κ1) is 29.9. The number of primary sulfonamides is 1. The lowest BCUT2D eigenvalue weighted by Crippen LogP contribution is -2.33. The molecule has 3 N–H and O–H groups in total. The Bertz CT molecular complexity index is 1800. The number of nitrogens with two attached hydrogens (primary N) is 1. The van der Waals surface area contributed by atoms with Gasteiger partial charge in [0.15, 0.2) is 6.73 Å². The van der Waals surface area contributed by atoms with Crippen LogP contribution in [0.15, 0.2) is 59.5 Å². The number of hydrogen-bond acceptors (Lipinski definition) is 9. The summed E-state index contributed by atoms with van der Waals surface area (Å²) in [6, 6.07) is 15.6. The molecule has 3 aromatic carbocycles. The standard InChI is InChI=1S/C30H32N6O6S/c1-19-6-3-7-20(2)28(19)35(14-4-8-21-10-13-25-26(16-21)33-34-32-25)15-5-9-27(37)42-18-36-29(38)23-12-11-22(43(31,40)41)17-24(23)30(36)39/h3,6-7,10-13,16-17H,4-5,8-9,14-15,18H2,1-2H3,(H2,31,40,41)(H,32,33,34). The predicted molar refractivity (Wildman–Crippen MR) is 159 cm³/mol. The molecular formula is C30H32N6O6S. The van der Waals surface area contributed by atoms with E-state index in [4.69, 9.17) is 9.88 Å². The van der Waals surface area contributed by atoms with E-state index < -0.39 is 34.5 Å². The molecule has 2 amide bonds. The molecule has 0 radical (unpaired) electrons. The maximum Gasteiger partial charge on any atom is 0.307 e. The van der Waals surface area contributed by atoms with Gasteiger partial charge >= 0.3 is 5.97 Å². The Balaban J connectivity index is 1.16. The lowest BCUT2D eigenvalue weighted by atomic mass is 10.1. The number of carbonyl (C=O) groups is 3. The maximum atomic E-state index is 12.7. The Morgan fingerprint density at radius 2 is 1.63 bits per heavy atom. The van der Waals surface area contributed by atoms with Gasteiger partial charge in [-0.1, -0.05) is 24.3 Å². The highest BCUT2D eigenvalue weighted by molar-refractivity contribution is 7.89. The van der Waals surface area contributed by atoms with E-state index in [-0.39, 0.29) is 22.4 Å². The molecule has 0 bridgehead atoms. The molecule has 0 atom stereocenters. The van der Waals surface area contributed by atoms with E-state index in [1.807, 2.05) is 18.2 Å². The van der Waals surface area contributed by atoms with Crippen molar-refractivity contribution in [3.05, 3.63) is 82.4 Å². The van der Waals surface area contributed by atoms with Crippen LogP contribution in [0.2, 0.25) is 0 Å². The molecule has 0 aliphatic carbocycles. The van der Waals surface area contributed by atoms with Crippen molar-refractivity contribution >= 4 is 44.5 Å². The number of carbonyl (C=O) groups excluding carboxylic acids is 3.